The largest absolute Gasteiger partial charge is 0.469 e. The third-order valence-electron chi connectivity index (χ3n) is 3.35. The summed E-state index contributed by atoms with van der Waals surface area (Å²) in [5.41, 5.74) is -0.327. The molecule has 0 aliphatic carbocycles. The third-order valence-corrected chi connectivity index (χ3v) is 3.35. The van der Waals surface area contributed by atoms with Crippen LogP contribution in [0.1, 0.15) is 36.8 Å². The Bertz CT molecular complexity index is 563. The zero-order chi connectivity index (χ0) is 15.5. The first-order chi connectivity index (χ1) is 9.88. The number of hydrogen-bond donors (Lipinski definition) is 1. The smallest absolute Gasteiger partial charge is 0.416 e. The van der Waals surface area contributed by atoms with Gasteiger partial charge < -0.3 is 9.73 Å². The van der Waals surface area contributed by atoms with Crippen molar-refractivity contribution in [2.45, 2.75) is 38.5 Å². The van der Waals surface area contributed by atoms with Crippen molar-refractivity contribution in [3.8, 4) is 0 Å². The van der Waals surface area contributed by atoms with Crippen molar-refractivity contribution in [1.82, 2.24) is 5.32 Å². The van der Waals surface area contributed by atoms with Crippen LogP contribution < -0.4 is 5.32 Å². The number of furan rings is 1. The average molecular weight is 297 g/mol. The average Bonchev–Trinajstić information content (AvgIpc) is 2.90. The molecule has 0 aliphatic rings. The van der Waals surface area contributed by atoms with Gasteiger partial charge in [-0.15, -0.1) is 0 Å². The fourth-order valence-electron chi connectivity index (χ4n) is 2.44. The SMILES string of the molecule is CC(Cc1ccco1)NC(C)c1ccccc1C(F)(F)F. The third kappa shape index (κ3) is 4.11. The molecule has 5 heteroatoms. The fourth-order valence-corrected chi connectivity index (χ4v) is 2.44. The first-order valence-electron chi connectivity index (χ1n) is 6.82. The first kappa shape index (κ1) is 15.6. The van der Waals surface area contributed by atoms with Gasteiger partial charge in [0.15, 0.2) is 0 Å². The molecule has 2 nitrogen and oxygen atoms in total. The standard InChI is InChI=1S/C16H18F3NO/c1-11(10-13-6-5-9-21-13)20-12(2)14-7-3-4-8-15(14)16(17,18)19/h3-9,11-12,20H,10H2,1-2H3. The molecule has 21 heavy (non-hydrogen) atoms. The molecular formula is C16H18F3NO. The van der Waals surface area contributed by atoms with Gasteiger partial charge in [0.1, 0.15) is 5.76 Å². The number of alkyl halides is 3. The summed E-state index contributed by atoms with van der Waals surface area (Å²) in [5, 5.41) is 3.19. The van der Waals surface area contributed by atoms with Crippen LogP contribution in [0.15, 0.2) is 47.1 Å². The quantitative estimate of drug-likeness (QED) is 0.874. The van der Waals surface area contributed by atoms with Crippen LogP contribution in [0.3, 0.4) is 0 Å². The minimum absolute atomic E-state index is 0.00689. The summed E-state index contributed by atoms with van der Waals surface area (Å²) in [5.74, 6) is 0.811. The molecule has 2 unspecified atom stereocenters. The molecule has 0 saturated carbocycles. The van der Waals surface area contributed by atoms with E-state index in [1.54, 1.807) is 25.3 Å². The molecule has 0 radical (unpaired) electrons. The van der Waals surface area contributed by atoms with E-state index in [0.29, 0.717) is 6.42 Å². The molecule has 114 valence electrons. The molecule has 1 aromatic carbocycles. The summed E-state index contributed by atoms with van der Waals surface area (Å²) < 4.78 is 44.3. The van der Waals surface area contributed by atoms with Gasteiger partial charge in [0, 0.05) is 18.5 Å². The summed E-state index contributed by atoms with van der Waals surface area (Å²) in [6, 6.07) is 8.92. The predicted molar refractivity (Wildman–Crippen MR) is 74.9 cm³/mol. The second kappa shape index (κ2) is 6.35. The van der Waals surface area contributed by atoms with Crippen molar-refractivity contribution in [2.24, 2.45) is 0 Å². The highest BCUT2D eigenvalue weighted by molar-refractivity contribution is 5.32. The Kier molecular flexibility index (Phi) is 4.73. The van der Waals surface area contributed by atoms with Gasteiger partial charge in [-0.2, -0.15) is 13.2 Å². The maximum absolute atomic E-state index is 13.0. The van der Waals surface area contributed by atoms with Crippen LogP contribution in [0.5, 0.6) is 0 Å². The highest BCUT2D eigenvalue weighted by atomic mass is 19.4. The van der Waals surface area contributed by atoms with Gasteiger partial charge in [-0.25, -0.2) is 0 Å². The molecule has 1 heterocycles. The van der Waals surface area contributed by atoms with Crippen LogP contribution in [0.4, 0.5) is 13.2 Å². The van der Waals surface area contributed by atoms with Crippen molar-refractivity contribution >= 4 is 0 Å². The predicted octanol–water partition coefficient (Wildman–Crippen LogP) is 4.58. The Morgan fingerprint density at radius 2 is 1.81 bits per heavy atom. The summed E-state index contributed by atoms with van der Waals surface area (Å²) in [7, 11) is 0. The Morgan fingerprint density at radius 3 is 2.43 bits per heavy atom. The van der Waals surface area contributed by atoms with Crippen molar-refractivity contribution in [1.29, 1.82) is 0 Å². The molecule has 0 bridgehead atoms. The molecule has 0 spiro atoms. The van der Waals surface area contributed by atoms with Crippen LogP contribution in [0, 0.1) is 0 Å². The zero-order valence-corrected chi connectivity index (χ0v) is 11.9. The zero-order valence-electron chi connectivity index (χ0n) is 11.9. The lowest BCUT2D eigenvalue weighted by molar-refractivity contribution is -0.138. The van der Waals surface area contributed by atoms with E-state index in [1.807, 2.05) is 13.0 Å². The minimum Gasteiger partial charge on any atom is -0.469 e. The van der Waals surface area contributed by atoms with E-state index < -0.39 is 17.8 Å². The monoisotopic (exact) mass is 297 g/mol. The topological polar surface area (TPSA) is 25.2 Å². The van der Waals surface area contributed by atoms with Crippen LogP contribution in [0.2, 0.25) is 0 Å². The van der Waals surface area contributed by atoms with Crippen LogP contribution in [0.25, 0.3) is 0 Å². The van der Waals surface area contributed by atoms with E-state index in [9.17, 15) is 13.2 Å². The Hall–Kier alpha value is -1.75. The van der Waals surface area contributed by atoms with Gasteiger partial charge in [-0.1, -0.05) is 18.2 Å². The Labute approximate surface area is 122 Å². The molecule has 2 rings (SSSR count). The van der Waals surface area contributed by atoms with Crippen molar-refractivity contribution in [2.75, 3.05) is 0 Å². The number of nitrogens with one attached hydrogen (secondary N) is 1. The van der Waals surface area contributed by atoms with E-state index in [-0.39, 0.29) is 11.6 Å². The van der Waals surface area contributed by atoms with Crippen LogP contribution >= 0.6 is 0 Å². The normalized spacial score (nSPS) is 14.9. The molecular weight excluding hydrogens is 279 g/mol. The molecule has 0 fully saturated rings. The molecule has 2 atom stereocenters. The lowest BCUT2D eigenvalue weighted by Crippen LogP contribution is -2.31. The lowest BCUT2D eigenvalue weighted by atomic mass is 10.00. The summed E-state index contributed by atoms with van der Waals surface area (Å²) in [4.78, 5) is 0. The number of halogens is 3. The van der Waals surface area contributed by atoms with Crippen molar-refractivity contribution in [3.63, 3.8) is 0 Å². The number of hydrogen-bond acceptors (Lipinski definition) is 2. The molecule has 1 N–H and O–H groups in total. The molecule has 1 aromatic heterocycles. The molecule has 0 amide bonds. The first-order valence-corrected chi connectivity index (χ1v) is 6.82. The van der Waals surface area contributed by atoms with E-state index in [4.69, 9.17) is 4.42 Å². The van der Waals surface area contributed by atoms with Gasteiger partial charge in [0.05, 0.1) is 11.8 Å². The molecule has 0 aliphatic heterocycles. The van der Waals surface area contributed by atoms with Gasteiger partial charge in [-0.05, 0) is 37.6 Å². The van der Waals surface area contributed by atoms with E-state index >= 15 is 0 Å². The maximum atomic E-state index is 13.0. The highest BCUT2D eigenvalue weighted by Crippen LogP contribution is 2.34. The van der Waals surface area contributed by atoms with Gasteiger partial charge in [0.2, 0.25) is 0 Å². The van der Waals surface area contributed by atoms with E-state index in [1.165, 1.54) is 12.1 Å². The molecule has 0 saturated heterocycles. The lowest BCUT2D eigenvalue weighted by Gasteiger charge is -2.23. The highest BCUT2D eigenvalue weighted by Gasteiger charge is 2.34. The minimum atomic E-state index is -4.34. The Morgan fingerprint density at radius 1 is 1.10 bits per heavy atom. The van der Waals surface area contributed by atoms with E-state index in [2.05, 4.69) is 5.32 Å². The number of rotatable bonds is 5. The molecule has 2 aromatic rings. The second-order valence-electron chi connectivity index (χ2n) is 5.16. The van der Waals surface area contributed by atoms with E-state index in [0.717, 1.165) is 11.8 Å². The van der Waals surface area contributed by atoms with Gasteiger partial charge in [-0.3, -0.25) is 0 Å². The summed E-state index contributed by atoms with van der Waals surface area (Å²) in [6.45, 7) is 3.67. The number of benzene rings is 1. The van der Waals surface area contributed by atoms with Gasteiger partial charge >= 0.3 is 6.18 Å². The maximum Gasteiger partial charge on any atom is 0.416 e. The van der Waals surface area contributed by atoms with Gasteiger partial charge in [0.25, 0.3) is 0 Å². The summed E-state index contributed by atoms with van der Waals surface area (Å²) in [6.07, 6.45) is -2.12. The van der Waals surface area contributed by atoms with Crippen LogP contribution in [-0.2, 0) is 12.6 Å². The summed E-state index contributed by atoms with van der Waals surface area (Å²) >= 11 is 0. The fraction of sp³-hybridized carbons (Fsp3) is 0.375. The van der Waals surface area contributed by atoms with Crippen molar-refractivity contribution in [3.05, 3.63) is 59.5 Å². The van der Waals surface area contributed by atoms with Crippen molar-refractivity contribution < 1.29 is 17.6 Å². The van der Waals surface area contributed by atoms with Crippen LogP contribution in [-0.4, -0.2) is 6.04 Å². The Balaban J connectivity index is 2.08. The second-order valence-corrected chi connectivity index (χ2v) is 5.16.